The molecule has 1 N–H and O–H groups in total. The number of carbonyl (C=O) groups is 2. The van der Waals surface area contributed by atoms with Crippen LogP contribution in [-0.2, 0) is 9.59 Å². The number of rotatable bonds is 8. The van der Waals surface area contributed by atoms with Crippen molar-refractivity contribution in [1.29, 1.82) is 0 Å². The number of amides is 1. The Labute approximate surface area is 127 Å². The summed E-state index contributed by atoms with van der Waals surface area (Å²) in [7, 11) is 0. The van der Waals surface area contributed by atoms with Crippen molar-refractivity contribution in [3.8, 4) is 0 Å². The fraction of sp³-hybridized carbons (Fsp3) is 0.765. The summed E-state index contributed by atoms with van der Waals surface area (Å²) in [5, 5.41) is 14.3. The van der Waals surface area contributed by atoms with Crippen LogP contribution in [0.25, 0.3) is 0 Å². The van der Waals surface area contributed by atoms with Crippen molar-refractivity contribution in [3.05, 3.63) is 12.2 Å². The number of hydrogen-bond donors (Lipinski definition) is 1. The number of fused-ring (bicyclic) bond motifs is 2. The Morgan fingerprint density at radius 2 is 1.90 bits per heavy atom. The molecule has 21 heavy (non-hydrogen) atoms. The second-order valence-electron chi connectivity index (χ2n) is 6.48. The van der Waals surface area contributed by atoms with Gasteiger partial charge >= 0.3 is 0 Å². The van der Waals surface area contributed by atoms with Gasteiger partial charge in [-0.25, -0.2) is 0 Å². The Bertz CT molecular complexity index is 418. The van der Waals surface area contributed by atoms with Crippen molar-refractivity contribution in [2.24, 2.45) is 29.6 Å². The maximum absolute atomic E-state index is 12.4. The first kappa shape index (κ1) is 16.1. The van der Waals surface area contributed by atoms with E-state index >= 15 is 0 Å². The molecular weight excluding hydrogens is 266 g/mol. The summed E-state index contributed by atoms with van der Waals surface area (Å²) in [6.07, 6.45) is 9.22. The summed E-state index contributed by atoms with van der Waals surface area (Å²) in [6.45, 7) is 4.96. The van der Waals surface area contributed by atoms with Crippen LogP contribution in [0.1, 0.15) is 46.0 Å². The molecule has 0 saturated heterocycles. The van der Waals surface area contributed by atoms with Crippen molar-refractivity contribution >= 4 is 11.9 Å². The Kier molecular flexibility index (Phi) is 5.43. The van der Waals surface area contributed by atoms with E-state index in [9.17, 15) is 14.7 Å². The molecule has 0 heterocycles. The molecule has 2 aliphatic rings. The van der Waals surface area contributed by atoms with Gasteiger partial charge in [0.15, 0.2) is 0 Å². The molecule has 118 valence electrons. The van der Waals surface area contributed by atoms with Gasteiger partial charge in [0.1, 0.15) is 0 Å². The van der Waals surface area contributed by atoms with E-state index in [0.717, 1.165) is 25.7 Å². The third-order valence-electron chi connectivity index (χ3n) is 5.14. The van der Waals surface area contributed by atoms with Crippen molar-refractivity contribution < 1.29 is 14.7 Å². The number of carboxylic acids is 1. The fourth-order valence-corrected chi connectivity index (χ4v) is 3.81. The molecule has 2 aliphatic carbocycles. The van der Waals surface area contributed by atoms with Gasteiger partial charge in [-0.2, -0.15) is 0 Å². The van der Waals surface area contributed by atoms with E-state index in [1.54, 1.807) is 0 Å². The summed E-state index contributed by atoms with van der Waals surface area (Å²) in [6, 6.07) is 0. The average Bonchev–Trinajstić information content (AvgIpc) is 3.07. The van der Waals surface area contributed by atoms with E-state index in [0.29, 0.717) is 12.5 Å². The van der Waals surface area contributed by atoms with Crippen LogP contribution in [0.15, 0.2) is 12.2 Å². The maximum atomic E-state index is 12.4. The van der Waals surface area contributed by atoms with Gasteiger partial charge in [-0.1, -0.05) is 45.3 Å². The molecule has 5 unspecified atom stereocenters. The van der Waals surface area contributed by atoms with Crippen LogP contribution < -0.4 is 10.4 Å². The number of nitrogens with one attached hydrogen (secondary N) is 1. The molecule has 1 saturated carbocycles. The molecule has 0 aromatic heterocycles. The van der Waals surface area contributed by atoms with Crippen LogP contribution in [-0.4, -0.2) is 18.4 Å². The molecule has 4 nitrogen and oxygen atoms in total. The predicted octanol–water partition coefficient (Wildman–Crippen LogP) is 1.51. The molecule has 0 aromatic carbocycles. The monoisotopic (exact) mass is 292 g/mol. The molecule has 4 heteroatoms. The zero-order valence-electron chi connectivity index (χ0n) is 13.0. The van der Waals surface area contributed by atoms with Gasteiger partial charge in [-0.3, -0.25) is 4.79 Å². The van der Waals surface area contributed by atoms with Gasteiger partial charge in [-0.05, 0) is 30.6 Å². The number of unbranched alkanes of at least 4 members (excludes halogenated alkanes) is 1. The van der Waals surface area contributed by atoms with Crippen LogP contribution in [0.4, 0.5) is 0 Å². The second kappa shape index (κ2) is 7.10. The number of carbonyl (C=O) groups excluding carboxylic acids is 2. The Morgan fingerprint density at radius 3 is 2.48 bits per heavy atom. The average molecular weight is 292 g/mol. The summed E-state index contributed by atoms with van der Waals surface area (Å²) >= 11 is 0. The smallest absolute Gasteiger partial charge is 0.224 e. The minimum Gasteiger partial charge on any atom is -0.550 e. The highest BCUT2D eigenvalue weighted by atomic mass is 16.4. The van der Waals surface area contributed by atoms with Crippen LogP contribution in [0.5, 0.6) is 0 Å². The third kappa shape index (κ3) is 3.47. The standard InChI is InChI=1S/C17H27NO3/c1-3-5-6-11(4-2)10-18-16(19)14-12-7-8-13(9-12)15(14)17(20)21/h7-8,11-15H,3-6,9-10H2,1-2H3,(H,18,19)(H,20,21)/p-1. The number of hydrogen-bond acceptors (Lipinski definition) is 3. The quantitative estimate of drug-likeness (QED) is 0.689. The SMILES string of the molecule is CCCCC(CC)CNC(=O)C1C2C=CC(C2)C1C(=O)[O-]. The lowest BCUT2D eigenvalue weighted by Crippen LogP contribution is -2.45. The van der Waals surface area contributed by atoms with Crippen molar-refractivity contribution in [2.45, 2.75) is 46.0 Å². The Hall–Kier alpha value is -1.32. The molecule has 5 atom stereocenters. The highest BCUT2D eigenvalue weighted by molar-refractivity contribution is 5.86. The molecule has 2 rings (SSSR count). The van der Waals surface area contributed by atoms with Crippen molar-refractivity contribution in [1.82, 2.24) is 5.32 Å². The normalized spacial score (nSPS) is 31.3. The Morgan fingerprint density at radius 1 is 1.24 bits per heavy atom. The number of carboxylic acid groups (broad SMARTS) is 1. The van der Waals surface area contributed by atoms with E-state index in [-0.39, 0.29) is 17.7 Å². The van der Waals surface area contributed by atoms with Crippen molar-refractivity contribution in [3.63, 3.8) is 0 Å². The number of allylic oxidation sites excluding steroid dienone is 2. The van der Waals surface area contributed by atoms with Gasteiger partial charge < -0.3 is 15.2 Å². The predicted molar refractivity (Wildman–Crippen MR) is 79.0 cm³/mol. The molecular formula is C17H26NO3-. The highest BCUT2D eigenvalue weighted by Crippen LogP contribution is 2.47. The summed E-state index contributed by atoms with van der Waals surface area (Å²) < 4.78 is 0. The van der Waals surface area contributed by atoms with E-state index in [2.05, 4.69) is 19.2 Å². The van der Waals surface area contributed by atoms with Crippen LogP contribution >= 0.6 is 0 Å². The first-order valence-corrected chi connectivity index (χ1v) is 8.25. The van der Waals surface area contributed by atoms with Gasteiger partial charge in [-0.15, -0.1) is 0 Å². The fourth-order valence-electron chi connectivity index (χ4n) is 3.81. The third-order valence-corrected chi connectivity index (χ3v) is 5.14. The minimum atomic E-state index is -1.08. The molecule has 1 amide bonds. The summed E-state index contributed by atoms with van der Waals surface area (Å²) in [5.74, 6) is -1.71. The zero-order chi connectivity index (χ0) is 15.4. The van der Waals surface area contributed by atoms with E-state index in [4.69, 9.17) is 0 Å². The lowest BCUT2D eigenvalue weighted by Gasteiger charge is -2.28. The van der Waals surface area contributed by atoms with Gasteiger partial charge in [0, 0.05) is 18.4 Å². The maximum Gasteiger partial charge on any atom is 0.224 e. The van der Waals surface area contributed by atoms with Crippen LogP contribution in [0.2, 0.25) is 0 Å². The highest BCUT2D eigenvalue weighted by Gasteiger charge is 2.48. The van der Waals surface area contributed by atoms with Crippen LogP contribution in [0, 0.1) is 29.6 Å². The summed E-state index contributed by atoms with van der Waals surface area (Å²) in [5.41, 5.74) is 0. The van der Waals surface area contributed by atoms with Gasteiger partial charge in [0.05, 0.1) is 5.92 Å². The van der Waals surface area contributed by atoms with Crippen LogP contribution in [0.3, 0.4) is 0 Å². The van der Waals surface area contributed by atoms with Gasteiger partial charge in [0.2, 0.25) is 5.91 Å². The number of aliphatic carboxylic acids is 1. The van der Waals surface area contributed by atoms with E-state index in [1.165, 1.54) is 6.42 Å². The lowest BCUT2D eigenvalue weighted by atomic mass is 9.82. The molecule has 0 spiro atoms. The largest absolute Gasteiger partial charge is 0.550 e. The molecule has 0 aromatic rings. The molecule has 2 bridgehead atoms. The molecule has 0 radical (unpaired) electrons. The first-order chi connectivity index (χ1) is 10.1. The molecule has 0 aliphatic heterocycles. The Balaban J connectivity index is 1.90. The topological polar surface area (TPSA) is 69.2 Å². The summed E-state index contributed by atoms with van der Waals surface area (Å²) in [4.78, 5) is 23.7. The van der Waals surface area contributed by atoms with E-state index in [1.807, 2.05) is 12.2 Å². The second-order valence-corrected chi connectivity index (χ2v) is 6.48. The molecule has 1 fully saturated rings. The zero-order valence-corrected chi connectivity index (χ0v) is 13.0. The first-order valence-electron chi connectivity index (χ1n) is 8.25. The van der Waals surface area contributed by atoms with E-state index < -0.39 is 17.8 Å². The lowest BCUT2D eigenvalue weighted by molar-refractivity contribution is -0.313. The van der Waals surface area contributed by atoms with Gasteiger partial charge in [0.25, 0.3) is 0 Å². The van der Waals surface area contributed by atoms with Crippen molar-refractivity contribution in [2.75, 3.05) is 6.54 Å². The minimum absolute atomic E-state index is 0.0159.